The zero-order valence-corrected chi connectivity index (χ0v) is 15.7. The molecule has 1 heterocycles. The second-order valence-corrected chi connectivity index (χ2v) is 7.30. The number of anilines is 1. The molecule has 0 aliphatic rings. The van der Waals surface area contributed by atoms with Crippen LogP contribution >= 0.6 is 58.4 Å². The molecular formula is C15H8Cl3N3OS2. The van der Waals surface area contributed by atoms with E-state index in [0.717, 1.165) is 10.2 Å². The van der Waals surface area contributed by atoms with Crippen molar-refractivity contribution in [3.05, 3.63) is 57.0 Å². The largest absolute Gasteiger partial charge is 0.308 e. The van der Waals surface area contributed by atoms with Gasteiger partial charge in [0.05, 0.1) is 25.8 Å². The minimum absolute atomic E-state index is 0.112. The van der Waals surface area contributed by atoms with Crippen LogP contribution in [0, 0.1) is 0 Å². The monoisotopic (exact) mass is 415 g/mol. The summed E-state index contributed by atoms with van der Waals surface area (Å²) >= 11 is 24.4. The van der Waals surface area contributed by atoms with Crippen LogP contribution in [0.15, 0.2) is 36.4 Å². The molecule has 4 nitrogen and oxygen atoms in total. The van der Waals surface area contributed by atoms with Gasteiger partial charge in [-0.05, 0) is 42.5 Å². The molecule has 0 spiro atoms. The minimum Gasteiger partial charge on any atom is -0.308 e. The first-order chi connectivity index (χ1) is 11.4. The molecule has 3 rings (SSSR count). The number of thiocarbonyl (C=S) groups is 1. The lowest BCUT2D eigenvalue weighted by Gasteiger charge is -2.08. The number of carbonyl (C=O) groups is 1. The lowest BCUT2D eigenvalue weighted by Crippen LogP contribution is -2.34. The quantitative estimate of drug-likeness (QED) is 0.550. The maximum absolute atomic E-state index is 12.2. The molecular weight excluding hydrogens is 409 g/mol. The predicted molar refractivity (Wildman–Crippen MR) is 105 cm³/mol. The summed E-state index contributed by atoms with van der Waals surface area (Å²) in [6, 6.07) is 10.2. The number of fused-ring (bicyclic) bond motifs is 1. The van der Waals surface area contributed by atoms with Crippen LogP contribution in [0.2, 0.25) is 15.1 Å². The number of rotatable bonds is 2. The highest BCUT2D eigenvalue weighted by Crippen LogP contribution is 2.28. The number of hydrogen-bond donors (Lipinski definition) is 2. The Bertz CT molecular complexity index is 958. The maximum atomic E-state index is 12.2. The Labute approximate surface area is 161 Å². The van der Waals surface area contributed by atoms with Gasteiger partial charge in [-0.25, -0.2) is 4.98 Å². The van der Waals surface area contributed by atoms with Crippen molar-refractivity contribution in [1.29, 1.82) is 0 Å². The summed E-state index contributed by atoms with van der Waals surface area (Å²) in [6.45, 7) is 0. The molecule has 0 aliphatic carbocycles. The van der Waals surface area contributed by atoms with Gasteiger partial charge in [0.25, 0.3) is 5.91 Å². The summed E-state index contributed by atoms with van der Waals surface area (Å²) in [7, 11) is 0. The van der Waals surface area contributed by atoms with Crippen LogP contribution < -0.4 is 10.6 Å². The fourth-order valence-corrected chi connectivity index (χ4v) is 3.72. The number of benzene rings is 2. The van der Waals surface area contributed by atoms with Gasteiger partial charge in [0, 0.05) is 5.02 Å². The molecule has 0 saturated heterocycles. The average molecular weight is 417 g/mol. The number of thiazole rings is 1. The average Bonchev–Trinajstić information content (AvgIpc) is 2.90. The highest BCUT2D eigenvalue weighted by atomic mass is 35.5. The Morgan fingerprint density at radius 1 is 1.17 bits per heavy atom. The predicted octanol–water partition coefficient (Wildman–Crippen LogP) is 5.38. The molecule has 9 heteroatoms. The van der Waals surface area contributed by atoms with Gasteiger partial charge in [0.15, 0.2) is 10.2 Å². The zero-order valence-electron chi connectivity index (χ0n) is 11.8. The molecule has 24 heavy (non-hydrogen) atoms. The van der Waals surface area contributed by atoms with Crippen LogP contribution in [0.25, 0.3) is 10.2 Å². The van der Waals surface area contributed by atoms with E-state index < -0.39 is 5.91 Å². The summed E-state index contributed by atoms with van der Waals surface area (Å²) < 4.78 is 0.914. The number of nitrogens with one attached hydrogen (secondary N) is 2. The van der Waals surface area contributed by atoms with Crippen LogP contribution in [0.4, 0.5) is 5.13 Å². The van der Waals surface area contributed by atoms with E-state index >= 15 is 0 Å². The molecule has 122 valence electrons. The van der Waals surface area contributed by atoms with E-state index in [1.165, 1.54) is 11.3 Å². The highest BCUT2D eigenvalue weighted by molar-refractivity contribution is 7.80. The fourth-order valence-electron chi connectivity index (χ4n) is 1.93. The van der Waals surface area contributed by atoms with Crippen LogP contribution in [-0.4, -0.2) is 16.0 Å². The number of nitrogens with zero attached hydrogens (tertiary/aromatic N) is 1. The first-order valence-electron chi connectivity index (χ1n) is 6.56. The van der Waals surface area contributed by atoms with E-state index in [1.54, 1.807) is 24.3 Å². The first kappa shape index (κ1) is 17.4. The van der Waals surface area contributed by atoms with Crippen molar-refractivity contribution >= 4 is 84.7 Å². The molecule has 0 fully saturated rings. The topological polar surface area (TPSA) is 54.0 Å². The van der Waals surface area contributed by atoms with Crippen molar-refractivity contribution in [2.24, 2.45) is 0 Å². The van der Waals surface area contributed by atoms with Crippen molar-refractivity contribution in [2.75, 3.05) is 5.32 Å². The summed E-state index contributed by atoms with van der Waals surface area (Å²) in [5.41, 5.74) is 1.03. The molecule has 1 amide bonds. The van der Waals surface area contributed by atoms with Crippen LogP contribution in [0.3, 0.4) is 0 Å². The SMILES string of the molecule is O=C(NC(=S)Nc1nc2ccc(Cl)cc2s1)c1cccc(Cl)c1Cl. The first-order valence-corrected chi connectivity index (χ1v) is 8.92. The smallest absolute Gasteiger partial charge is 0.258 e. The van der Waals surface area contributed by atoms with Gasteiger partial charge < -0.3 is 5.32 Å². The summed E-state index contributed by atoms with van der Waals surface area (Å²) in [6.07, 6.45) is 0. The summed E-state index contributed by atoms with van der Waals surface area (Å²) in [4.78, 5) is 16.6. The molecule has 0 unspecified atom stereocenters. The standard InChI is InChI=1S/C15H8Cl3N3OS2/c16-7-4-5-10-11(6-7)24-15(19-10)21-14(23)20-13(22)8-2-1-3-9(17)12(8)18/h1-6H,(H2,19,20,21,22,23). The van der Waals surface area contributed by atoms with Gasteiger partial charge in [0.1, 0.15) is 0 Å². The van der Waals surface area contributed by atoms with Crippen molar-refractivity contribution in [3.8, 4) is 0 Å². The molecule has 2 aromatic carbocycles. The molecule has 0 atom stereocenters. The molecule has 0 radical (unpaired) electrons. The lowest BCUT2D eigenvalue weighted by molar-refractivity contribution is 0.0978. The van der Waals surface area contributed by atoms with Crippen LogP contribution in [0.1, 0.15) is 10.4 Å². The Hall–Kier alpha value is -1.44. The van der Waals surface area contributed by atoms with E-state index in [2.05, 4.69) is 15.6 Å². The Balaban J connectivity index is 1.72. The summed E-state index contributed by atoms with van der Waals surface area (Å²) in [5, 5.41) is 7.19. The van der Waals surface area contributed by atoms with Crippen molar-refractivity contribution in [1.82, 2.24) is 10.3 Å². The third-order valence-corrected chi connectivity index (χ3v) is 5.19. The van der Waals surface area contributed by atoms with Crippen LogP contribution in [-0.2, 0) is 0 Å². The van der Waals surface area contributed by atoms with E-state index in [9.17, 15) is 4.79 Å². The van der Waals surface area contributed by atoms with Gasteiger partial charge in [-0.2, -0.15) is 0 Å². The van der Waals surface area contributed by atoms with Crippen molar-refractivity contribution in [2.45, 2.75) is 0 Å². The lowest BCUT2D eigenvalue weighted by atomic mass is 10.2. The minimum atomic E-state index is -0.454. The van der Waals surface area contributed by atoms with Gasteiger partial charge in [0.2, 0.25) is 0 Å². The second kappa shape index (κ2) is 7.21. The Morgan fingerprint density at radius 3 is 2.75 bits per heavy atom. The number of amides is 1. The number of aromatic nitrogens is 1. The highest BCUT2D eigenvalue weighted by Gasteiger charge is 2.14. The van der Waals surface area contributed by atoms with E-state index in [0.29, 0.717) is 15.2 Å². The Morgan fingerprint density at radius 2 is 1.96 bits per heavy atom. The van der Waals surface area contributed by atoms with E-state index in [1.807, 2.05) is 12.1 Å². The van der Waals surface area contributed by atoms with Gasteiger partial charge in [-0.15, -0.1) is 0 Å². The maximum Gasteiger partial charge on any atom is 0.258 e. The van der Waals surface area contributed by atoms with Crippen LogP contribution in [0.5, 0.6) is 0 Å². The fraction of sp³-hybridized carbons (Fsp3) is 0. The van der Waals surface area contributed by atoms with E-state index in [4.69, 9.17) is 47.0 Å². The Kier molecular flexibility index (Phi) is 5.22. The number of halogens is 3. The molecule has 0 saturated carbocycles. The zero-order chi connectivity index (χ0) is 17.3. The third-order valence-electron chi connectivity index (χ3n) is 2.99. The normalized spacial score (nSPS) is 10.6. The summed E-state index contributed by atoms with van der Waals surface area (Å²) in [5.74, 6) is -0.454. The molecule has 0 aliphatic heterocycles. The van der Waals surface area contributed by atoms with Crippen molar-refractivity contribution < 1.29 is 4.79 Å². The second-order valence-electron chi connectivity index (χ2n) is 4.64. The number of carbonyl (C=O) groups excluding carboxylic acids is 1. The third kappa shape index (κ3) is 3.79. The van der Waals surface area contributed by atoms with E-state index in [-0.39, 0.29) is 15.7 Å². The molecule has 3 aromatic rings. The molecule has 0 bridgehead atoms. The van der Waals surface area contributed by atoms with Gasteiger partial charge in [-0.3, -0.25) is 10.1 Å². The van der Waals surface area contributed by atoms with Gasteiger partial charge in [-0.1, -0.05) is 52.2 Å². The van der Waals surface area contributed by atoms with Crippen molar-refractivity contribution in [3.63, 3.8) is 0 Å². The molecule has 2 N–H and O–H groups in total. The molecule has 1 aromatic heterocycles. The number of hydrogen-bond acceptors (Lipinski definition) is 4. The van der Waals surface area contributed by atoms with Gasteiger partial charge >= 0.3 is 0 Å².